The number of nitrogens with one attached hydrogen (secondary N) is 1. The van der Waals surface area contributed by atoms with Gasteiger partial charge >= 0.3 is 5.97 Å². The summed E-state index contributed by atoms with van der Waals surface area (Å²) in [6.45, 7) is -0.233. The minimum Gasteiger partial charge on any atom is -0.497 e. The average molecular weight is 402 g/mol. The highest BCUT2D eigenvalue weighted by atomic mass is 35.5. The molecule has 0 saturated heterocycles. The third-order valence-electron chi connectivity index (χ3n) is 3.87. The van der Waals surface area contributed by atoms with Gasteiger partial charge < -0.3 is 19.2 Å². The minimum atomic E-state index is -0.909. The predicted octanol–water partition coefficient (Wildman–Crippen LogP) is 2.93. The fraction of sp³-hybridized carbons (Fsp3) is 0.150. The summed E-state index contributed by atoms with van der Waals surface area (Å²) in [6, 6.07) is 12.6. The molecule has 0 aliphatic carbocycles. The van der Waals surface area contributed by atoms with Crippen LogP contribution in [0.4, 0.5) is 0 Å². The third-order valence-corrected chi connectivity index (χ3v) is 4.11. The van der Waals surface area contributed by atoms with Gasteiger partial charge in [0.15, 0.2) is 12.0 Å². The van der Waals surface area contributed by atoms with E-state index in [1.54, 1.807) is 31.4 Å². The maximum atomic E-state index is 12.1. The van der Waals surface area contributed by atoms with E-state index in [4.69, 9.17) is 25.5 Å². The number of carbonyl (C=O) groups is 2. The molecule has 144 valence electrons. The molecule has 1 heterocycles. The summed E-state index contributed by atoms with van der Waals surface area (Å²) in [5, 5.41) is 3.26. The Labute approximate surface area is 164 Å². The lowest BCUT2D eigenvalue weighted by Gasteiger charge is -2.07. The standard InChI is InChI=1S/C20H16ClNO6/c1-26-14-5-2-12(3-6-14)10-22-19(24)11-27-20(25)18-9-16(23)15-8-13(21)4-7-17(15)28-18/h2-9H,10-11H2,1H3,(H,22,24). The summed E-state index contributed by atoms with van der Waals surface area (Å²) < 4.78 is 15.3. The second-order valence-corrected chi connectivity index (χ2v) is 6.25. The number of esters is 1. The highest BCUT2D eigenvalue weighted by Gasteiger charge is 2.15. The van der Waals surface area contributed by atoms with E-state index in [2.05, 4.69) is 5.32 Å². The SMILES string of the molecule is COc1ccc(CNC(=O)COC(=O)c2cc(=O)c3cc(Cl)ccc3o2)cc1. The van der Waals surface area contributed by atoms with Crippen LogP contribution in [0.5, 0.6) is 5.75 Å². The summed E-state index contributed by atoms with van der Waals surface area (Å²) >= 11 is 5.84. The number of rotatable bonds is 6. The molecule has 28 heavy (non-hydrogen) atoms. The summed E-state index contributed by atoms with van der Waals surface area (Å²) in [5.74, 6) is -0.974. The molecule has 3 rings (SSSR count). The molecule has 1 amide bonds. The number of carbonyl (C=O) groups excluding carboxylic acids is 2. The molecule has 0 unspecified atom stereocenters. The first-order valence-electron chi connectivity index (χ1n) is 8.26. The van der Waals surface area contributed by atoms with Gasteiger partial charge in [-0.2, -0.15) is 0 Å². The highest BCUT2D eigenvalue weighted by molar-refractivity contribution is 6.31. The van der Waals surface area contributed by atoms with Gasteiger partial charge in [-0.1, -0.05) is 23.7 Å². The molecule has 0 atom stereocenters. The highest BCUT2D eigenvalue weighted by Crippen LogP contribution is 2.18. The Balaban J connectivity index is 1.57. The first kappa shape index (κ1) is 19.4. The van der Waals surface area contributed by atoms with E-state index in [9.17, 15) is 14.4 Å². The molecule has 2 aromatic carbocycles. The Morgan fingerprint density at radius 2 is 1.86 bits per heavy atom. The molecule has 0 aliphatic heterocycles. The van der Waals surface area contributed by atoms with E-state index in [-0.39, 0.29) is 23.3 Å². The molecular weight excluding hydrogens is 386 g/mol. The van der Waals surface area contributed by atoms with Crippen molar-refractivity contribution in [1.29, 1.82) is 0 Å². The monoisotopic (exact) mass is 401 g/mol. The number of amides is 1. The van der Waals surface area contributed by atoms with Crippen molar-refractivity contribution in [2.24, 2.45) is 0 Å². The molecule has 1 N–H and O–H groups in total. The molecule has 1 aromatic heterocycles. The smallest absolute Gasteiger partial charge is 0.374 e. The van der Waals surface area contributed by atoms with Crippen LogP contribution >= 0.6 is 11.6 Å². The molecule has 3 aromatic rings. The molecule has 0 bridgehead atoms. The zero-order chi connectivity index (χ0) is 20.1. The summed E-state index contributed by atoms with van der Waals surface area (Å²) in [5.41, 5.74) is 0.632. The van der Waals surface area contributed by atoms with Crippen LogP contribution < -0.4 is 15.5 Å². The lowest BCUT2D eigenvalue weighted by atomic mass is 10.2. The summed E-state index contributed by atoms with van der Waals surface area (Å²) in [7, 11) is 1.57. The number of benzene rings is 2. The Morgan fingerprint density at radius 1 is 1.11 bits per heavy atom. The second-order valence-electron chi connectivity index (χ2n) is 5.82. The van der Waals surface area contributed by atoms with E-state index in [0.29, 0.717) is 10.8 Å². The van der Waals surface area contributed by atoms with Crippen molar-refractivity contribution in [3.05, 3.63) is 75.1 Å². The maximum Gasteiger partial charge on any atom is 0.374 e. The number of methoxy groups -OCH3 is 1. The Hall–Kier alpha value is -3.32. The van der Waals surface area contributed by atoms with E-state index < -0.39 is 23.9 Å². The molecule has 0 saturated carbocycles. The zero-order valence-electron chi connectivity index (χ0n) is 14.9. The lowest BCUT2D eigenvalue weighted by Crippen LogP contribution is -2.28. The molecule has 0 aliphatic rings. The van der Waals surface area contributed by atoms with E-state index in [1.807, 2.05) is 0 Å². The average Bonchev–Trinajstić information content (AvgIpc) is 2.71. The van der Waals surface area contributed by atoms with Crippen LogP contribution in [0.1, 0.15) is 16.1 Å². The number of ether oxygens (including phenoxy) is 2. The van der Waals surface area contributed by atoms with Crippen molar-refractivity contribution >= 4 is 34.4 Å². The Bertz CT molecular complexity index is 1070. The largest absolute Gasteiger partial charge is 0.497 e. The number of hydrogen-bond donors (Lipinski definition) is 1. The van der Waals surface area contributed by atoms with Crippen molar-refractivity contribution in [2.75, 3.05) is 13.7 Å². The van der Waals surface area contributed by atoms with Gasteiger partial charge in [0.1, 0.15) is 11.3 Å². The molecule has 0 fully saturated rings. The van der Waals surface area contributed by atoms with Crippen molar-refractivity contribution in [3.8, 4) is 5.75 Å². The van der Waals surface area contributed by atoms with Crippen LogP contribution in [-0.4, -0.2) is 25.6 Å². The minimum absolute atomic E-state index is 0.202. The summed E-state index contributed by atoms with van der Waals surface area (Å²) in [6.07, 6.45) is 0. The maximum absolute atomic E-state index is 12.1. The molecular formula is C20H16ClNO6. The van der Waals surface area contributed by atoms with E-state index >= 15 is 0 Å². The number of hydrogen-bond acceptors (Lipinski definition) is 6. The Morgan fingerprint density at radius 3 is 2.57 bits per heavy atom. The lowest BCUT2D eigenvalue weighted by molar-refractivity contribution is -0.124. The van der Waals surface area contributed by atoms with Crippen molar-refractivity contribution in [1.82, 2.24) is 5.32 Å². The normalized spacial score (nSPS) is 10.5. The van der Waals surface area contributed by atoms with Crippen molar-refractivity contribution in [2.45, 2.75) is 6.54 Å². The van der Waals surface area contributed by atoms with Crippen molar-refractivity contribution < 1.29 is 23.5 Å². The third kappa shape index (κ3) is 4.69. The van der Waals surface area contributed by atoms with Crippen LogP contribution in [0.25, 0.3) is 11.0 Å². The summed E-state index contributed by atoms with van der Waals surface area (Å²) in [4.78, 5) is 36.0. The van der Waals surface area contributed by atoms with Gasteiger partial charge in [0, 0.05) is 17.6 Å². The predicted molar refractivity (Wildman–Crippen MR) is 103 cm³/mol. The van der Waals surface area contributed by atoms with Crippen molar-refractivity contribution in [3.63, 3.8) is 0 Å². The van der Waals surface area contributed by atoms with Crippen LogP contribution in [0.2, 0.25) is 5.02 Å². The van der Waals surface area contributed by atoms with Crippen LogP contribution in [0.15, 0.2) is 57.7 Å². The van der Waals surface area contributed by atoms with Gasteiger partial charge in [0.05, 0.1) is 12.5 Å². The quantitative estimate of drug-likeness (QED) is 0.638. The molecule has 0 spiro atoms. The van der Waals surface area contributed by atoms with Crippen LogP contribution in [0.3, 0.4) is 0 Å². The first-order chi connectivity index (χ1) is 13.5. The van der Waals surface area contributed by atoms with Gasteiger partial charge in [-0.15, -0.1) is 0 Å². The molecule has 8 heteroatoms. The zero-order valence-corrected chi connectivity index (χ0v) is 15.6. The van der Waals surface area contributed by atoms with Gasteiger partial charge in [-0.05, 0) is 35.9 Å². The first-order valence-corrected chi connectivity index (χ1v) is 8.64. The second kappa shape index (κ2) is 8.58. The van der Waals surface area contributed by atoms with Crippen LogP contribution in [-0.2, 0) is 16.1 Å². The van der Waals surface area contributed by atoms with E-state index in [1.165, 1.54) is 18.2 Å². The van der Waals surface area contributed by atoms with Gasteiger partial charge in [-0.25, -0.2) is 4.79 Å². The number of fused-ring (bicyclic) bond motifs is 1. The molecule has 7 nitrogen and oxygen atoms in total. The van der Waals surface area contributed by atoms with Gasteiger partial charge in [-0.3, -0.25) is 9.59 Å². The topological polar surface area (TPSA) is 94.8 Å². The van der Waals surface area contributed by atoms with Gasteiger partial charge in [0.25, 0.3) is 5.91 Å². The van der Waals surface area contributed by atoms with Gasteiger partial charge in [0.2, 0.25) is 5.76 Å². The fourth-order valence-electron chi connectivity index (χ4n) is 2.43. The van der Waals surface area contributed by atoms with E-state index in [0.717, 1.165) is 11.6 Å². The number of halogens is 1. The fourth-order valence-corrected chi connectivity index (χ4v) is 2.60. The van der Waals surface area contributed by atoms with Crippen LogP contribution in [0, 0.1) is 0 Å². The molecule has 0 radical (unpaired) electrons. The Kier molecular flexibility index (Phi) is 5.96.